The van der Waals surface area contributed by atoms with Gasteiger partial charge in [-0.2, -0.15) is 0 Å². The third-order valence-corrected chi connectivity index (χ3v) is 4.04. The molecule has 0 atom stereocenters. The molecule has 0 radical (unpaired) electrons. The van der Waals surface area contributed by atoms with Crippen molar-refractivity contribution in [3.63, 3.8) is 0 Å². The van der Waals surface area contributed by atoms with Crippen LogP contribution in [0, 0.1) is 10.1 Å². The van der Waals surface area contributed by atoms with E-state index in [1.54, 1.807) is 0 Å². The Hall–Kier alpha value is -1.67. The van der Waals surface area contributed by atoms with Crippen molar-refractivity contribution >= 4 is 34.6 Å². The molecule has 2 aromatic heterocycles. The van der Waals surface area contributed by atoms with Crippen LogP contribution in [0.4, 0.5) is 11.5 Å². The van der Waals surface area contributed by atoms with E-state index in [4.69, 9.17) is 0 Å². The lowest BCUT2D eigenvalue weighted by Crippen LogP contribution is -2.05. The smallest absolute Gasteiger partial charge is 0.343 e. The maximum atomic E-state index is 11.1. The SMILES string of the molecule is CCNc1ncnc(Sc2cccs2)c1[N+](=O)[O-]. The summed E-state index contributed by atoms with van der Waals surface area (Å²) in [6.45, 7) is 2.43. The van der Waals surface area contributed by atoms with Crippen LogP contribution in [0.5, 0.6) is 0 Å². The number of aromatic nitrogens is 2. The predicted molar refractivity (Wildman–Crippen MR) is 71.3 cm³/mol. The van der Waals surface area contributed by atoms with E-state index in [0.29, 0.717) is 11.6 Å². The molecule has 0 saturated carbocycles. The summed E-state index contributed by atoms with van der Waals surface area (Å²) < 4.78 is 0.958. The van der Waals surface area contributed by atoms with Gasteiger partial charge in [0, 0.05) is 6.54 Å². The molecule has 2 rings (SSSR count). The van der Waals surface area contributed by atoms with Crippen LogP contribution in [0.3, 0.4) is 0 Å². The van der Waals surface area contributed by atoms with Crippen LogP contribution in [-0.4, -0.2) is 21.4 Å². The molecule has 6 nitrogen and oxygen atoms in total. The summed E-state index contributed by atoms with van der Waals surface area (Å²) in [6.07, 6.45) is 1.33. The van der Waals surface area contributed by atoms with Crippen molar-refractivity contribution in [2.45, 2.75) is 16.2 Å². The molecule has 0 saturated heterocycles. The maximum absolute atomic E-state index is 11.1. The molecule has 2 heterocycles. The number of nitrogens with one attached hydrogen (secondary N) is 1. The van der Waals surface area contributed by atoms with Crippen LogP contribution >= 0.6 is 23.1 Å². The third-order valence-electron chi connectivity index (χ3n) is 2.01. The van der Waals surface area contributed by atoms with Crippen LogP contribution in [0.25, 0.3) is 0 Å². The van der Waals surface area contributed by atoms with E-state index >= 15 is 0 Å². The van der Waals surface area contributed by atoms with Gasteiger partial charge in [0.05, 0.1) is 9.13 Å². The summed E-state index contributed by atoms with van der Waals surface area (Å²) in [6, 6.07) is 3.79. The first-order valence-corrected chi connectivity index (χ1v) is 6.86. The van der Waals surface area contributed by atoms with E-state index in [2.05, 4.69) is 15.3 Å². The Balaban J connectivity index is 2.39. The summed E-state index contributed by atoms with van der Waals surface area (Å²) in [7, 11) is 0. The Kier molecular flexibility index (Phi) is 4.11. The molecule has 0 spiro atoms. The fraction of sp³-hybridized carbons (Fsp3) is 0.200. The molecule has 0 aliphatic carbocycles. The number of hydrogen-bond acceptors (Lipinski definition) is 7. The Morgan fingerprint density at radius 1 is 1.56 bits per heavy atom. The monoisotopic (exact) mass is 282 g/mol. The van der Waals surface area contributed by atoms with E-state index in [9.17, 15) is 10.1 Å². The number of nitrogens with zero attached hydrogens (tertiary/aromatic N) is 3. The van der Waals surface area contributed by atoms with Gasteiger partial charge < -0.3 is 5.32 Å². The molecule has 0 aliphatic rings. The van der Waals surface area contributed by atoms with Crippen molar-refractivity contribution in [1.29, 1.82) is 0 Å². The number of rotatable bonds is 5. The fourth-order valence-electron chi connectivity index (χ4n) is 1.32. The van der Waals surface area contributed by atoms with Gasteiger partial charge in [0.2, 0.25) is 5.82 Å². The minimum Gasteiger partial charge on any atom is -0.364 e. The molecule has 0 aliphatic heterocycles. The van der Waals surface area contributed by atoms with Crippen molar-refractivity contribution in [1.82, 2.24) is 9.97 Å². The minimum absolute atomic E-state index is 0.0715. The van der Waals surface area contributed by atoms with Gasteiger partial charge in [-0.1, -0.05) is 17.8 Å². The first-order chi connectivity index (χ1) is 8.72. The highest BCUT2D eigenvalue weighted by Crippen LogP contribution is 2.38. The first kappa shape index (κ1) is 12.8. The molecule has 1 N–H and O–H groups in total. The van der Waals surface area contributed by atoms with Crippen LogP contribution in [0.15, 0.2) is 33.1 Å². The van der Waals surface area contributed by atoms with Crippen molar-refractivity contribution in [2.24, 2.45) is 0 Å². The number of hydrogen-bond donors (Lipinski definition) is 1. The van der Waals surface area contributed by atoms with E-state index < -0.39 is 4.92 Å². The van der Waals surface area contributed by atoms with E-state index in [0.717, 1.165) is 4.21 Å². The summed E-state index contributed by atoms with van der Waals surface area (Å²) >= 11 is 2.79. The zero-order valence-corrected chi connectivity index (χ0v) is 11.1. The van der Waals surface area contributed by atoms with Crippen molar-refractivity contribution in [3.05, 3.63) is 34.0 Å². The quantitative estimate of drug-likeness (QED) is 0.515. The zero-order chi connectivity index (χ0) is 13.0. The Bertz CT molecular complexity index is 545. The molecular weight excluding hydrogens is 272 g/mol. The van der Waals surface area contributed by atoms with Crippen LogP contribution in [-0.2, 0) is 0 Å². The third kappa shape index (κ3) is 2.77. The van der Waals surface area contributed by atoms with E-state index in [1.807, 2.05) is 24.4 Å². The molecule has 2 aromatic rings. The average Bonchev–Trinajstić information content (AvgIpc) is 2.82. The van der Waals surface area contributed by atoms with Gasteiger partial charge >= 0.3 is 5.69 Å². The Morgan fingerprint density at radius 2 is 2.39 bits per heavy atom. The molecule has 0 aromatic carbocycles. The van der Waals surface area contributed by atoms with Gasteiger partial charge in [-0.05, 0) is 18.4 Å². The summed E-state index contributed by atoms with van der Waals surface area (Å²) in [5.41, 5.74) is -0.0715. The zero-order valence-electron chi connectivity index (χ0n) is 9.49. The second-order valence-corrected chi connectivity index (χ2v) is 5.43. The Morgan fingerprint density at radius 3 is 3.00 bits per heavy atom. The second kappa shape index (κ2) is 5.78. The van der Waals surface area contributed by atoms with Crippen molar-refractivity contribution in [3.8, 4) is 0 Å². The second-order valence-electron chi connectivity index (χ2n) is 3.20. The largest absolute Gasteiger partial charge is 0.364 e. The van der Waals surface area contributed by atoms with Gasteiger partial charge in [-0.25, -0.2) is 9.97 Å². The summed E-state index contributed by atoms with van der Waals surface area (Å²) in [5.74, 6) is 0.261. The predicted octanol–water partition coefficient (Wildman–Crippen LogP) is 3.03. The fourth-order valence-corrected chi connectivity index (χ4v) is 3.06. The van der Waals surface area contributed by atoms with Gasteiger partial charge in [0.25, 0.3) is 0 Å². The topological polar surface area (TPSA) is 81.0 Å². The highest BCUT2D eigenvalue weighted by atomic mass is 32.2. The summed E-state index contributed by atoms with van der Waals surface area (Å²) in [4.78, 5) is 18.6. The van der Waals surface area contributed by atoms with Gasteiger partial charge in [-0.15, -0.1) is 11.3 Å². The lowest BCUT2D eigenvalue weighted by molar-refractivity contribution is -0.387. The van der Waals surface area contributed by atoms with Crippen LogP contribution in [0.1, 0.15) is 6.92 Å². The molecule has 18 heavy (non-hydrogen) atoms. The van der Waals surface area contributed by atoms with Crippen molar-refractivity contribution < 1.29 is 4.92 Å². The number of thiophene rings is 1. The summed E-state index contributed by atoms with van der Waals surface area (Å²) in [5, 5.41) is 16.3. The van der Waals surface area contributed by atoms with Gasteiger partial charge in [0.15, 0.2) is 5.03 Å². The number of nitro groups is 1. The normalized spacial score (nSPS) is 10.3. The molecular formula is C10H10N4O2S2. The van der Waals surface area contributed by atoms with Crippen LogP contribution in [0.2, 0.25) is 0 Å². The molecule has 0 unspecified atom stereocenters. The highest BCUT2D eigenvalue weighted by molar-refractivity contribution is 8.01. The molecule has 94 valence electrons. The van der Waals surface area contributed by atoms with Crippen LogP contribution < -0.4 is 5.32 Å². The average molecular weight is 282 g/mol. The first-order valence-electron chi connectivity index (χ1n) is 5.17. The van der Waals surface area contributed by atoms with Crippen molar-refractivity contribution in [2.75, 3.05) is 11.9 Å². The van der Waals surface area contributed by atoms with E-state index in [-0.39, 0.29) is 11.5 Å². The van der Waals surface area contributed by atoms with Gasteiger partial charge in [0.1, 0.15) is 6.33 Å². The Labute approximate surface area is 112 Å². The molecule has 0 amide bonds. The molecule has 8 heteroatoms. The highest BCUT2D eigenvalue weighted by Gasteiger charge is 2.23. The lowest BCUT2D eigenvalue weighted by Gasteiger charge is -2.05. The standard InChI is InChI=1S/C10H10N4O2S2/c1-2-11-9-8(14(15)16)10(13-6-12-9)18-7-4-3-5-17-7/h3-6H,2H2,1H3,(H,11,12,13). The molecule has 0 fully saturated rings. The number of anilines is 1. The minimum atomic E-state index is -0.450. The molecule has 0 bridgehead atoms. The maximum Gasteiger partial charge on any atom is 0.343 e. The van der Waals surface area contributed by atoms with E-state index in [1.165, 1.54) is 29.4 Å². The van der Waals surface area contributed by atoms with Gasteiger partial charge in [-0.3, -0.25) is 10.1 Å². The lowest BCUT2D eigenvalue weighted by atomic mass is 10.5.